The topological polar surface area (TPSA) is 70.6 Å². The maximum absolute atomic E-state index is 12.2. The van der Waals surface area contributed by atoms with Gasteiger partial charge in [0.2, 0.25) is 0 Å². The number of ether oxygens (including phenoxy) is 1. The van der Waals surface area contributed by atoms with Crippen LogP contribution in [-0.2, 0) is 12.8 Å². The third kappa shape index (κ3) is 4.00. The number of aromatic hydroxyl groups is 1. The molecule has 2 amide bonds. The fourth-order valence-electron chi connectivity index (χ4n) is 3.19. The number of benzene rings is 2. The number of urea groups is 1. The number of fused-ring (bicyclic) bond motifs is 1. The van der Waals surface area contributed by atoms with E-state index in [4.69, 9.17) is 27.9 Å². The maximum Gasteiger partial charge on any atom is 0.315 e. The van der Waals surface area contributed by atoms with Gasteiger partial charge in [-0.05, 0) is 54.2 Å². The molecule has 7 heteroatoms. The first-order chi connectivity index (χ1) is 12.5. The predicted octanol–water partition coefficient (Wildman–Crippen LogP) is 4.24. The van der Waals surface area contributed by atoms with E-state index in [0.717, 1.165) is 29.5 Å². The van der Waals surface area contributed by atoms with Crippen LogP contribution in [-0.4, -0.2) is 24.8 Å². The SMILES string of the molecule is COc1cc(CCNC(=O)NC2CCc3c2ccc(Cl)c3Cl)ccc1O. The number of carbonyl (C=O) groups excluding carboxylic acids is 1. The molecule has 0 radical (unpaired) electrons. The summed E-state index contributed by atoms with van der Waals surface area (Å²) in [5, 5.41) is 16.6. The third-order valence-corrected chi connectivity index (χ3v) is 5.38. The van der Waals surface area contributed by atoms with Gasteiger partial charge in [0.15, 0.2) is 11.5 Å². The molecule has 5 nitrogen and oxygen atoms in total. The normalized spacial score (nSPS) is 15.4. The van der Waals surface area contributed by atoms with Crippen LogP contribution in [0.25, 0.3) is 0 Å². The highest BCUT2D eigenvalue weighted by molar-refractivity contribution is 6.42. The van der Waals surface area contributed by atoms with E-state index in [1.807, 2.05) is 6.07 Å². The Morgan fingerprint density at radius 1 is 1.31 bits per heavy atom. The van der Waals surface area contributed by atoms with Gasteiger partial charge >= 0.3 is 6.03 Å². The van der Waals surface area contributed by atoms with E-state index in [1.54, 1.807) is 24.3 Å². The summed E-state index contributed by atoms with van der Waals surface area (Å²) in [6.45, 7) is 0.473. The molecule has 138 valence electrons. The van der Waals surface area contributed by atoms with Crippen LogP contribution < -0.4 is 15.4 Å². The molecule has 0 spiro atoms. The van der Waals surface area contributed by atoms with Crippen LogP contribution in [0.2, 0.25) is 10.0 Å². The zero-order valence-corrected chi connectivity index (χ0v) is 15.8. The average molecular weight is 395 g/mol. The number of hydrogen-bond acceptors (Lipinski definition) is 3. The van der Waals surface area contributed by atoms with Crippen molar-refractivity contribution in [3.05, 3.63) is 57.1 Å². The van der Waals surface area contributed by atoms with Crippen molar-refractivity contribution in [2.75, 3.05) is 13.7 Å². The van der Waals surface area contributed by atoms with Gasteiger partial charge in [-0.3, -0.25) is 0 Å². The van der Waals surface area contributed by atoms with Crippen LogP contribution in [0, 0.1) is 0 Å². The zero-order valence-electron chi connectivity index (χ0n) is 14.3. The monoisotopic (exact) mass is 394 g/mol. The molecule has 0 saturated carbocycles. The van der Waals surface area contributed by atoms with Crippen molar-refractivity contribution in [2.45, 2.75) is 25.3 Å². The van der Waals surface area contributed by atoms with Crippen LogP contribution in [0.5, 0.6) is 11.5 Å². The van der Waals surface area contributed by atoms with E-state index >= 15 is 0 Å². The zero-order chi connectivity index (χ0) is 18.7. The Hall–Kier alpha value is -2.11. The number of carbonyl (C=O) groups is 1. The van der Waals surface area contributed by atoms with Crippen LogP contribution in [0.4, 0.5) is 4.79 Å². The first kappa shape index (κ1) is 18.7. The number of rotatable bonds is 5. The fraction of sp³-hybridized carbons (Fsp3) is 0.316. The quantitative estimate of drug-likeness (QED) is 0.710. The van der Waals surface area contributed by atoms with E-state index in [-0.39, 0.29) is 17.8 Å². The van der Waals surface area contributed by atoms with Crippen molar-refractivity contribution in [1.82, 2.24) is 10.6 Å². The van der Waals surface area contributed by atoms with Crippen molar-refractivity contribution in [2.24, 2.45) is 0 Å². The highest BCUT2D eigenvalue weighted by Crippen LogP contribution is 2.39. The number of phenols is 1. The van der Waals surface area contributed by atoms with Crippen LogP contribution >= 0.6 is 23.2 Å². The predicted molar refractivity (Wildman–Crippen MR) is 102 cm³/mol. The minimum absolute atomic E-state index is 0.0615. The van der Waals surface area contributed by atoms with E-state index in [2.05, 4.69) is 10.6 Å². The molecule has 2 aromatic carbocycles. The number of halogens is 2. The summed E-state index contributed by atoms with van der Waals surface area (Å²) in [4.78, 5) is 12.2. The lowest BCUT2D eigenvalue weighted by atomic mass is 10.1. The summed E-state index contributed by atoms with van der Waals surface area (Å²) < 4.78 is 5.08. The summed E-state index contributed by atoms with van der Waals surface area (Å²) in [6.07, 6.45) is 2.23. The van der Waals surface area contributed by atoms with Gasteiger partial charge in [-0.15, -0.1) is 0 Å². The largest absolute Gasteiger partial charge is 0.504 e. The minimum Gasteiger partial charge on any atom is -0.504 e. The standard InChI is InChI=1S/C19H20Cl2N2O3/c1-26-17-10-11(2-7-16(17)24)8-9-22-19(25)23-15-6-4-13-12(15)3-5-14(20)18(13)21/h2-3,5,7,10,15,24H,4,6,8-9H2,1H3,(H2,22,23,25). The molecule has 1 aliphatic rings. The summed E-state index contributed by atoms with van der Waals surface area (Å²) in [5.41, 5.74) is 3.01. The van der Waals surface area contributed by atoms with Gasteiger partial charge in [-0.25, -0.2) is 4.79 Å². The second kappa shape index (κ2) is 8.06. The van der Waals surface area contributed by atoms with Gasteiger partial charge in [-0.1, -0.05) is 35.3 Å². The summed E-state index contributed by atoms with van der Waals surface area (Å²) in [6, 6.07) is 8.54. The van der Waals surface area contributed by atoms with Crippen molar-refractivity contribution in [3.8, 4) is 11.5 Å². The van der Waals surface area contributed by atoms with Crippen molar-refractivity contribution < 1.29 is 14.6 Å². The Balaban J connectivity index is 1.52. The van der Waals surface area contributed by atoms with Gasteiger partial charge in [0.05, 0.1) is 23.2 Å². The van der Waals surface area contributed by atoms with Crippen LogP contribution in [0.1, 0.15) is 29.2 Å². The van der Waals surface area contributed by atoms with Gasteiger partial charge in [-0.2, -0.15) is 0 Å². The van der Waals surface area contributed by atoms with Gasteiger partial charge in [0.25, 0.3) is 0 Å². The Morgan fingerprint density at radius 2 is 2.12 bits per heavy atom. The highest BCUT2D eigenvalue weighted by atomic mass is 35.5. The Bertz CT molecular complexity index is 827. The molecule has 3 rings (SSSR count). The lowest BCUT2D eigenvalue weighted by Gasteiger charge is -2.15. The molecule has 1 atom stereocenters. The van der Waals surface area contributed by atoms with Crippen molar-refractivity contribution in [3.63, 3.8) is 0 Å². The summed E-state index contributed by atoms with van der Waals surface area (Å²) in [7, 11) is 1.50. The summed E-state index contributed by atoms with van der Waals surface area (Å²) >= 11 is 12.3. The molecule has 0 heterocycles. The Kier molecular flexibility index (Phi) is 5.79. The second-order valence-electron chi connectivity index (χ2n) is 6.18. The second-order valence-corrected chi connectivity index (χ2v) is 6.96. The molecule has 0 bridgehead atoms. The van der Waals surface area contributed by atoms with E-state index < -0.39 is 0 Å². The molecule has 1 aliphatic carbocycles. The van der Waals surface area contributed by atoms with Gasteiger partial charge < -0.3 is 20.5 Å². The highest BCUT2D eigenvalue weighted by Gasteiger charge is 2.26. The first-order valence-electron chi connectivity index (χ1n) is 8.36. The number of nitrogens with one attached hydrogen (secondary N) is 2. The van der Waals surface area contributed by atoms with Crippen LogP contribution in [0.15, 0.2) is 30.3 Å². The molecular formula is C19H20Cl2N2O3. The lowest BCUT2D eigenvalue weighted by molar-refractivity contribution is 0.237. The molecule has 2 aromatic rings. The van der Waals surface area contributed by atoms with Crippen molar-refractivity contribution in [1.29, 1.82) is 0 Å². The van der Waals surface area contributed by atoms with E-state index in [0.29, 0.717) is 28.8 Å². The fourth-order valence-corrected chi connectivity index (χ4v) is 3.63. The van der Waals surface area contributed by atoms with E-state index in [1.165, 1.54) is 7.11 Å². The number of methoxy groups -OCH3 is 1. The molecule has 3 N–H and O–H groups in total. The maximum atomic E-state index is 12.2. The van der Waals surface area contributed by atoms with Crippen molar-refractivity contribution >= 4 is 29.2 Å². The average Bonchev–Trinajstić information content (AvgIpc) is 3.03. The Labute approximate surface area is 162 Å². The molecule has 26 heavy (non-hydrogen) atoms. The smallest absolute Gasteiger partial charge is 0.315 e. The number of phenolic OH excluding ortho intramolecular Hbond substituents is 1. The molecule has 0 fully saturated rings. The molecule has 0 saturated heterocycles. The third-order valence-electron chi connectivity index (χ3n) is 4.54. The first-order valence-corrected chi connectivity index (χ1v) is 9.12. The lowest BCUT2D eigenvalue weighted by Crippen LogP contribution is -2.38. The van der Waals surface area contributed by atoms with Gasteiger partial charge in [0, 0.05) is 6.54 Å². The Morgan fingerprint density at radius 3 is 2.88 bits per heavy atom. The minimum atomic E-state index is -0.223. The molecule has 0 aliphatic heterocycles. The number of amides is 2. The molecule has 1 unspecified atom stereocenters. The van der Waals surface area contributed by atoms with E-state index in [9.17, 15) is 9.90 Å². The van der Waals surface area contributed by atoms with Gasteiger partial charge in [0.1, 0.15) is 0 Å². The van der Waals surface area contributed by atoms with Crippen LogP contribution in [0.3, 0.4) is 0 Å². The number of hydrogen-bond donors (Lipinski definition) is 3. The molecule has 0 aromatic heterocycles. The molecular weight excluding hydrogens is 375 g/mol. The summed E-state index contributed by atoms with van der Waals surface area (Å²) in [5.74, 6) is 0.519.